The van der Waals surface area contributed by atoms with E-state index in [1.54, 1.807) is 11.3 Å². The second-order valence-electron chi connectivity index (χ2n) is 4.33. The van der Waals surface area contributed by atoms with Gasteiger partial charge < -0.3 is 11.8 Å². The van der Waals surface area contributed by atoms with Crippen LogP contribution in [0.4, 0.5) is 0 Å². The molecule has 0 spiro atoms. The Morgan fingerprint density at radius 1 is 1.47 bits per heavy atom. The van der Waals surface area contributed by atoms with Crippen LogP contribution in [0.25, 0.3) is 0 Å². The molecule has 17 heavy (non-hydrogen) atoms. The Labute approximate surface area is 120 Å². The molecule has 1 atom stereocenters. The molecule has 1 aliphatic rings. The van der Waals surface area contributed by atoms with E-state index in [1.165, 1.54) is 18.4 Å². The zero-order valence-electron chi connectivity index (χ0n) is 9.88. The van der Waals surface area contributed by atoms with Crippen molar-refractivity contribution in [3.05, 3.63) is 29.3 Å². The summed E-state index contributed by atoms with van der Waals surface area (Å²) in [4.78, 5) is 14.0. The van der Waals surface area contributed by atoms with Crippen molar-refractivity contribution in [2.75, 3.05) is 13.1 Å². The first kappa shape index (κ1) is 14.9. The van der Waals surface area contributed by atoms with Crippen LogP contribution in [0.5, 0.6) is 0 Å². The van der Waals surface area contributed by atoms with Gasteiger partial charge in [-0.25, -0.2) is 0 Å². The van der Waals surface area contributed by atoms with Gasteiger partial charge in [-0.05, 0) is 41.1 Å². The van der Waals surface area contributed by atoms with E-state index < -0.39 is 0 Å². The average Bonchev–Trinajstić information content (AvgIpc) is 2.96. The van der Waals surface area contributed by atoms with Crippen LogP contribution in [-0.2, 0) is 24.6 Å². The predicted molar refractivity (Wildman–Crippen MR) is 67.5 cm³/mol. The molecule has 2 nitrogen and oxygen atoms in total. The molecular weight excluding hydrogens is 408 g/mol. The number of carbonyl (C=O) groups excluding carboxylic acids is 1. The smallest absolute Gasteiger partial charge is 0.343 e. The molecule has 0 aliphatic carbocycles. The molecule has 0 bridgehead atoms. The van der Waals surface area contributed by atoms with E-state index in [2.05, 4.69) is 23.8 Å². The Bertz CT molecular complexity index is 333. The molecule has 0 N–H and O–H groups in total. The van der Waals surface area contributed by atoms with Crippen molar-refractivity contribution in [1.29, 1.82) is 0 Å². The minimum Gasteiger partial charge on any atom is -0.343 e. The number of hydrogen-bond acceptors (Lipinski definition) is 2. The van der Waals surface area contributed by atoms with Gasteiger partial charge in [0.2, 0.25) is 5.91 Å². The summed E-state index contributed by atoms with van der Waals surface area (Å²) in [5.74, 6) is 0.608. The van der Waals surface area contributed by atoms with Crippen LogP contribution >= 0.6 is 11.3 Å². The van der Waals surface area contributed by atoms with Gasteiger partial charge in [0.15, 0.2) is 0 Å². The summed E-state index contributed by atoms with van der Waals surface area (Å²) in [7, 11) is 0. The number of carbonyl (C=O) groups is 1. The Morgan fingerprint density at radius 3 is 2.71 bits per heavy atom. The molecule has 95 valence electrons. The van der Waals surface area contributed by atoms with Gasteiger partial charge in [-0.3, -0.25) is 4.79 Å². The third-order valence-corrected chi connectivity index (χ3v) is 3.94. The molecule has 1 aliphatic heterocycles. The van der Waals surface area contributed by atoms with Gasteiger partial charge in [0, 0.05) is 19.5 Å². The van der Waals surface area contributed by atoms with Crippen LogP contribution in [0, 0.1) is 6.92 Å². The van der Waals surface area contributed by atoms with Crippen molar-refractivity contribution in [3.8, 4) is 0 Å². The minimum atomic E-state index is 0. The molecule has 2 rings (SSSR count). The van der Waals surface area contributed by atoms with Crippen molar-refractivity contribution in [3.63, 3.8) is 0 Å². The fourth-order valence-corrected chi connectivity index (χ4v) is 2.94. The summed E-state index contributed by atoms with van der Waals surface area (Å²) < 4.78 is 0. The molecule has 1 aromatic heterocycles. The Hall–Kier alpha value is -0.194. The number of thiophene rings is 1. The summed E-state index contributed by atoms with van der Waals surface area (Å²) in [5.41, 5.74) is 1.27. The zero-order chi connectivity index (χ0) is 11.4. The molecule has 2 heterocycles. The minimum absolute atomic E-state index is 0. The Morgan fingerprint density at radius 2 is 2.18 bits per heavy atom. The van der Waals surface area contributed by atoms with E-state index in [0.29, 0.717) is 18.2 Å². The second-order valence-corrected chi connectivity index (χ2v) is 5.11. The molecule has 1 aromatic rings. The quantitative estimate of drug-likeness (QED) is 0.678. The van der Waals surface area contributed by atoms with Crippen LogP contribution in [0.3, 0.4) is 0 Å². The number of nitrogens with zero attached hydrogens (tertiary/aromatic N) is 1. The molecule has 1 fully saturated rings. The second kappa shape index (κ2) is 7.29. The van der Waals surface area contributed by atoms with Crippen molar-refractivity contribution < 1.29 is 24.6 Å². The van der Waals surface area contributed by atoms with E-state index in [-0.39, 0.29) is 19.8 Å². The first-order valence-corrected chi connectivity index (χ1v) is 6.84. The van der Waals surface area contributed by atoms with E-state index in [1.807, 2.05) is 4.90 Å². The van der Waals surface area contributed by atoms with E-state index in [4.69, 9.17) is 0 Å². The predicted octanol–water partition coefficient (Wildman–Crippen LogP) is 3.07. The maximum absolute atomic E-state index is 12.0. The van der Waals surface area contributed by atoms with Crippen LogP contribution < -0.4 is 0 Å². The molecule has 0 saturated carbocycles. The van der Waals surface area contributed by atoms with E-state index in [9.17, 15) is 4.79 Å². The largest absolute Gasteiger partial charge is 1.00 e. The molecule has 0 aromatic carbocycles. The Balaban J connectivity index is 0.00000144. The van der Waals surface area contributed by atoms with Gasteiger partial charge in [-0.2, -0.15) is 17.8 Å². The fourth-order valence-electron chi connectivity index (χ4n) is 2.20. The maximum atomic E-state index is 12.0. The normalized spacial score (nSPS) is 16.6. The maximum Gasteiger partial charge on any atom is 1.00 e. The topological polar surface area (TPSA) is 20.3 Å². The summed E-state index contributed by atoms with van der Waals surface area (Å²) in [6.07, 6.45) is 3.76. The first-order chi connectivity index (χ1) is 7.81. The van der Waals surface area contributed by atoms with Crippen LogP contribution in [0.15, 0.2) is 16.8 Å². The Kier molecular flexibility index (Phi) is 6.37. The van der Waals surface area contributed by atoms with Gasteiger partial charge in [0.25, 0.3) is 0 Å². The third-order valence-electron chi connectivity index (χ3n) is 3.24. The summed E-state index contributed by atoms with van der Waals surface area (Å²) in [5, 5.41) is 4.20. The molecular formula is C13H18NOOsS. The molecule has 4 heteroatoms. The van der Waals surface area contributed by atoms with Crippen molar-refractivity contribution in [1.82, 2.24) is 4.90 Å². The van der Waals surface area contributed by atoms with Gasteiger partial charge >= 0.3 is 19.8 Å². The number of likely N-dealkylation sites (tertiary alicyclic amines) is 1. The first-order valence-electron chi connectivity index (χ1n) is 5.90. The van der Waals surface area contributed by atoms with E-state index >= 15 is 0 Å². The molecule has 1 unspecified atom stereocenters. The van der Waals surface area contributed by atoms with Gasteiger partial charge in [0.05, 0.1) is 0 Å². The summed E-state index contributed by atoms with van der Waals surface area (Å²) >= 11 is 1.69. The zero-order valence-corrected chi connectivity index (χ0v) is 13.2. The summed E-state index contributed by atoms with van der Waals surface area (Å²) in [6.45, 7) is 5.86. The van der Waals surface area contributed by atoms with Crippen LogP contribution in [-0.4, -0.2) is 23.9 Å². The van der Waals surface area contributed by atoms with Crippen molar-refractivity contribution in [2.45, 2.75) is 31.6 Å². The van der Waals surface area contributed by atoms with E-state index in [0.717, 1.165) is 19.5 Å². The average molecular weight is 427 g/mol. The number of rotatable bonds is 4. The van der Waals surface area contributed by atoms with Crippen LogP contribution in [0.1, 0.15) is 37.2 Å². The molecule has 1 amide bonds. The standard InChI is InChI=1S/C13H18NOS.Os/c1-2-11(12-5-8-16-10-12)9-13(15)14-6-3-4-7-14;/h5,8,10-11H,1-4,6-7,9H2;/q-1;+1. The third kappa shape index (κ3) is 3.90. The monoisotopic (exact) mass is 428 g/mol. The van der Waals surface area contributed by atoms with Crippen molar-refractivity contribution in [2.24, 2.45) is 0 Å². The number of amides is 1. The van der Waals surface area contributed by atoms with Crippen molar-refractivity contribution >= 4 is 17.2 Å². The number of hydrogen-bond donors (Lipinski definition) is 0. The van der Waals surface area contributed by atoms with Gasteiger partial charge in [0.1, 0.15) is 0 Å². The fraction of sp³-hybridized carbons (Fsp3) is 0.538. The molecule has 1 radical (unpaired) electrons. The van der Waals surface area contributed by atoms with Gasteiger partial charge in [-0.15, -0.1) is 0 Å². The van der Waals surface area contributed by atoms with Crippen LogP contribution in [0.2, 0.25) is 0 Å². The SMILES string of the molecule is [CH2-]CC(CC(=O)N1CCCC1)c1ccsc1.[Os+]. The molecule has 1 saturated heterocycles. The van der Waals surface area contributed by atoms with Gasteiger partial charge in [-0.1, -0.05) is 0 Å². The summed E-state index contributed by atoms with van der Waals surface area (Å²) in [6, 6.07) is 2.11.